The summed E-state index contributed by atoms with van der Waals surface area (Å²) in [5.41, 5.74) is 39.6. The van der Waals surface area contributed by atoms with E-state index in [0.29, 0.717) is 64.5 Å². The number of carbonyl (C=O) groups is 8. The molecule has 25 heteroatoms. The zero-order valence-corrected chi connectivity index (χ0v) is 43.6. The van der Waals surface area contributed by atoms with Gasteiger partial charge in [0, 0.05) is 19.6 Å². The summed E-state index contributed by atoms with van der Waals surface area (Å²) in [5, 5.41) is 26.2. The highest BCUT2D eigenvalue weighted by atomic mass is 16.4. The van der Waals surface area contributed by atoms with Gasteiger partial charge in [-0.15, -0.1) is 0 Å². The molecule has 1 aliphatic rings. The average Bonchev–Trinajstić information content (AvgIpc) is 3.81. The van der Waals surface area contributed by atoms with Gasteiger partial charge in [-0.2, -0.15) is 0 Å². The fourth-order valence-electron chi connectivity index (χ4n) is 8.17. The number of hydrogen-bond donors (Lipinski definition) is 14. The topological polar surface area (TPSA) is 439 Å². The first-order valence-corrected chi connectivity index (χ1v) is 25.6. The number of carboxylic acid groups (broad SMARTS) is 1. The third-order valence-electron chi connectivity index (χ3n) is 12.3. The number of aliphatic imine (C=N–C) groups is 2. The molecule has 0 bridgehead atoms. The van der Waals surface area contributed by atoms with Crippen LogP contribution in [-0.4, -0.2) is 150 Å². The zero-order chi connectivity index (χ0) is 54.5. The molecule has 1 rings (SSSR count). The number of aliphatic carboxylic acids is 1. The first-order valence-electron chi connectivity index (χ1n) is 25.6. The van der Waals surface area contributed by atoms with E-state index in [0.717, 1.165) is 0 Å². The number of likely N-dealkylation sites (tertiary alicyclic amines) is 1. The van der Waals surface area contributed by atoms with Crippen LogP contribution in [0.4, 0.5) is 0 Å². The Morgan fingerprint density at radius 1 is 0.583 bits per heavy atom. The molecule has 25 nitrogen and oxygen atoms in total. The number of carbonyl (C=O) groups excluding carboxylic acids is 7. The molecular weight excluding hydrogens is 933 g/mol. The van der Waals surface area contributed by atoms with Gasteiger partial charge < -0.3 is 82.0 Å². The van der Waals surface area contributed by atoms with Gasteiger partial charge in [-0.05, 0) is 121 Å². The lowest BCUT2D eigenvalue weighted by molar-refractivity contribution is -0.143. The largest absolute Gasteiger partial charge is 0.480 e. The highest BCUT2D eigenvalue weighted by Crippen LogP contribution is 2.21. The number of hydrogen-bond acceptors (Lipinski definition) is 13. The number of amides is 7. The molecule has 1 saturated heterocycles. The number of nitrogens with two attached hydrogens (primary N) is 7. The van der Waals surface area contributed by atoms with Gasteiger partial charge in [-0.25, -0.2) is 4.79 Å². The fraction of sp³-hybridized carbons (Fsp3) is 0.787. The Morgan fingerprint density at radius 3 is 1.56 bits per heavy atom. The molecule has 1 aliphatic heterocycles. The molecule has 7 amide bonds. The second-order valence-electron chi connectivity index (χ2n) is 19.5. The number of nitrogens with one attached hydrogen (secondary N) is 6. The van der Waals surface area contributed by atoms with Gasteiger partial charge >= 0.3 is 5.97 Å². The van der Waals surface area contributed by atoms with Crippen molar-refractivity contribution in [1.82, 2.24) is 36.8 Å². The van der Waals surface area contributed by atoms with Crippen molar-refractivity contribution in [3.63, 3.8) is 0 Å². The van der Waals surface area contributed by atoms with Gasteiger partial charge in [-0.1, -0.05) is 48.0 Å². The molecule has 9 atom stereocenters. The predicted octanol–water partition coefficient (Wildman–Crippen LogP) is -2.20. The molecule has 1 fully saturated rings. The van der Waals surface area contributed by atoms with Gasteiger partial charge in [0.2, 0.25) is 41.4 Å². The summed E-state index contributed by atoms with van der Waals surface area (Å²) in [6.07, 6.45) is 4.54. The van der Waals surface area contributed by atoms with E-state index in [9.17, 15) is 43.5 Å². The summed E-state index contributed by atoms with van der Waals surface area (Å²) in [6.45, 7) is 12.2. The lowest BCUT2D eigenvalue weighted by atomic mass is 9.96. The van der Waals surface area contributed by atoms with Crippen molar-refractivity contribution >= 4 is 59.2 Å². The number of rotatable bonds is 36. The second-order valence-corrected chi connectivity index (χ2v) is 19.5. The summed E-state index contributed by atoms with van der Waals surface area (Å²) in [7, 11) is 0. The number of guanidine groups is 2. The van der Waals surface area contributed by atoms with E-state index in [1.165, 1.54) is 4.90 Å². The van der Waals surface area contributed by atoms with Crippen molar-refractivity contribution in [2.75, 3.05) is 32.7 Å². The highest BCUT2D eigenvalue weighted by molar-refractivity contribution is 5.98. The Balaban J connectivity index is 3.51. The van der Waals surface area contributed by atoms with Crippen LogP contribution in [0.5, 0.6) is 0 Å². The van der Waals surface area contributed by atoms with Gasteiger partial charge in [0.15, 0.2) is 11.9 Å². The average molecular weight is 1020 g/mol. The van der Waals surface area contributed by atoms with E-state index in [1.54, 1.807) is 6.92 Å². The monoisotopic (exact) mass is 1020 g/mol. The van der Waals surface area contributed by atoms with Crippen LogP contribution in [0.1, 0.15) is 138 Å². The first-order chi connectivity index (χ1) is 34.0. The Bertz CT molecular complexity index is 1790. The van der Waals surface area contributed by atoms with Crippen LogP contribution in [-0.2, 0) is 38.4 Å². The van der Waals surface area contributed by atoms with Crippen molar-refractivity contribution in [3.8, 4) is 0 Å². The van der Waals surface area contributed by atoms with Gasteiger partial charge in [0.1, 0.15) is 42.3 Å². The molecule has 412 valence electrons. The molecule has 0 saturated carbocycles. The molecule has 0 aromatic rings. The van der Waals surface area contributed by atoms with Crippen molar-refractivity contribution in [2.45, 2.75) is 186 Å². The smallest absolute Gasteiger partial charge is 0.326 e. The molecule has 21 N–H and O–H groups in total. The van der Waals surface area contributed by atoms with E-state index < -0.39 is 102 Å². The number of nitrogens with zero attached hydrogens (tertiary/aromatic N) is 3. The Kier molecular flexibility index (Phi) is 30.8. The third kappa shape index (κ3) is 24.5. The normalized spacial score (nSPS) is 16.7. The van der Waals surface area contributed by atoms with Crippen LogP contribution in [0.25, 0.3) is 0 Å². The minimum absolute atomic E-state index is 0.0315. The van der Waals surface area contributed by atoms with Crippen LogP contribution in [0.3, 0.4) is 0 Å². The molecule has 1 heterocycles. The summed E-state index contributed by atoms with van der Waals surface area (Å²) in [5.74, 6) is -6.50. The Morgan fingerprint density at radius 2 is 1.04 bits per heavy atom. The van der Waals surface area contributed by atoms with Crippen LogP contribution in [0, 0.1) is 17.8 Å². The molecule has 0 aromatic heterocycles. The summed E-state index contributed by atoms with van der Waals surface area (Å²) >= 11 is 0. The number of unbranched alkanes of at least 4 members (excludes halogenated alkanes) is 2. The van der Waals surface area contributed by atoms with Gasteiger partial charge in [0.05, 0.1) is 6.04 Å². The Labute approximate surface area is 425 Å². The van der Waals surface area contributed by atoms with Crippen LogP contribution in [0.2, 0.25) is 0 Å². The highest BCUT2D eigenvalue weighted by Gasteiger charge is 2.41. The minimum atomic E-state index is -1.23. The third-order valence-corrected chi connectivity index (χ3v) is 12.3. The second kappa shape index (κ2) is 34.5. The SMILES string of the molecule is CC[C@H](C)[C@H](NC(=O)[C@H](CCCN=C(N)N)NC(=O)[C@@H](N)CC(C)C)C(=O)N[C@@H](CCCN=C(N)N)C(=O)N1CCC[C@H]1C(=O)N[C@@H](CCCCN)C(=O)N[C@@H](CC(C)C)C(=O)N[C@@H](CCCCN)C(=O)O. The summed E-state index contributed by atoms with van der Waals surface area (Å²) < 4.78 is 0. The summed E-state index contributed by atoms with van der Waals surface area (Å²) in [4.78, 5) is 119. The first kappa shape index (κ1) is 64.2. The number of carboxylic acids is 1. The molecule has 0 radical (unpaired) electrons. The lowest BCUT2D eigenvalue weighted by Gasteiger charge is -2.32. The van der Waals surface area contributed by atoms with Gasteiger partial charge in [-0.3, -0.25) is 43.5 Å². The maximum Gasteiger partial charge on any atom is 0.326 e. The quantitative estimate of drug-likeness (QED) is 0.0180. The predicted molar refractivity (Wildman–Crippen MR) is 276 cm³/mol. The Hall–Kier alpha value is -5.82. The molecule has 72 heavy (non-hydrogen) atoms. The van der Waals surface area contributed by atoms with E-state index in [2.05, 4.69) is 41.9 Å². The molecule has 0 aromatic carbocycles. The van der Waals surface area contributed by atoms with Crippen molar-refractivity contribution in [2.24, 2.45) is 67.9 Å². The molecule has 0 spiro atoms. The van der Waals surface area contributed by atoms with Gasteiger partial charge in [0.25, 0.3) is 0 Å². The van der Waals surface area contributed by atoms with Crippen LogP contribution < -0.4 is 72.0 Å². The molecule has 0 unspecified atom stereocenters. The maximum absolute atomic E-state index is 14.6. The van der Waals surface area contributed by atoms with Crippen LogP contribution in [0.15, 0.2) is 9.98 Å². The van der Waals surface area contributed by atoms with E-state index in [-0.39, 0.29) is 88.3 Å². The standard InChI is InChI=1S/C47H90N16O9/c1-7-29(6)37(62-40(66)32(17-12-22-55-46(51)52)57-38(64)30(50)25-27(2)3)43(69)59-33(18-13-23-56-47(53)54)44(70)63-24-14-19-36(63)42(68)58-31(15-8-10-20-48)39(65)61-35(26-28(4)5)41(67)60-34(45(71)72)16-9-11-21-49/h27-37H,7-26,48-50H2,1-6H3,(H,57,64)(H,58,68)(H,59,69)(H,60,67)(H,61,65)(H,62,66)(H,71,72)(H4,51,52,55)(H4,53,54,56)/t29-,30-,31-,32-,33-,34-,35-,36-,37-/m0/s1. The zero-order valence-electron chi connectivity index (χ0n) is 43.6. The maximum atomic E-state index is 14.6. The van der Waals surface area contributed by atoms with Crippen molar-refractivity contribution in [3.05, 3.63) is 0 Å². The van der Waals surface area contributed by atoms with Crippen LogP contribution >= 0.6 is 0 Å². The van der Waals surface area contributed by atoms with E-state index in [4.69, 9.17) is 40.1 Å². The minimum Gasteiger partial charge on any atom is -0.480 e. The van der Waals surface area contributed by atoms with E-state index >= 15 is 0 Å². The molecule has 0 aliphatic carbocycles. The lowest BCUT2D eigenvalue weighted by Crippen LogP contribution is -2.60. The van der Waals surface area contributed by atoms with Crippen molar-refractivity contribution < 1.29 is 43.5 Å². The van der Waals surface area contributed by atoms with Crippen molar-refractivity contribution in [1.29, 1.82) is 0 Å². The molecular formula is C47H90N16O9. The van der Waals surface area contributed by atoms with E-state index in [1.807, 2.05) is 34.6 Å². The summed E-state index contributed by atoms with van der Waals surface area (Å²) in [6, 6.07) is -8.98. The fourth-order valence-corrected chi connectivity index (χ4v) is 8.17.